The first kappa shape index (κ1) is 45.3. The van der Waals surface area contributed by atoms with E-state index in [4.69, 9.17) is 24.7 Å². The number of nitrogens with two attached hydrogens (primary N) is 1. The molecule has 3 aliphatic rings. The Morgan fingerprint density at radius 3 is 2.26 bits per heavy atom. The minimum atomic E-state index is -1.27. The van der Waals surface area contributed by atoms with Crippen LogP contribution in [-0.2, 0) is 57.9 Å². The number of hydrogen-bond donors (Lipinski definition) is 4. The second-order valence-electron chi connectivity index (χ2n) is 15.3. The molecule has 1 aromatic rings. The number of rotatable bonds is 24. The number of nitrogens with zero attached hydrogens (tertiary/aromatic N) is 1. The number of amides is 5. The number of likely N-dealkylation sites (tertiary alicyclic amines) is 1. The third-order valence-corrected chi connectivity index (χ3v) is 11.1. The zero-order chi connectivity index (χ0) is 41.4. The van der Waals surface area contributed by atoms with Crippen LogP contribution in [0, 0.1) is 5.92 Å². The van der Waals surface area contributed by atoms with Gasteiger partial charge in [0.25, 0.3) is 11.8 Å². The van der Waals surface area contributed by atoms with Gasteiger partial charge in [0.15, 0.2) is 6.10 Å². The molecule has 1 saturated heterocycles. The molecule has 5 atom stereocenters. The minimum Gasteiger partial charge on any atom is -0.451 e. The molecule has 0 radical (unpaired) electrons. The molecule has 0 bridgehead atoms. The lowest BCUT2D eigenvalue weighted by molar-refractivity contribution is -0.168. The van der Waals surface area contributed by atoms with Crippen molar-refractivity contribution in [3.8, 4) is 0 Å². The van der Waals surface area contributed by atoms with E-state index < -0.39 is 83.6 Å². The smallest absolute Gasteiger partial charge is 0.317 e. The van der Waals surface area contributed by atoms with Crippen LogP contribution >= 0.6 is 0 Å². The summed E-state index contributed by atoms with van der Waals surface area (Å²) in [5, 5.41) is 7.43. The topological polar surface area (TPSA) is 222 Å². The van der Waals surface area contributed by atoms with E-state index in [2.05, 4.69) is 16.0 Å². The van der Waals surface area contributed by atoms with Crippen LogP contribution < -0.4 is 21.7 Å². The number of ether oxygens (including phenoxy) is 4. The lowest BCUT2D eigenvalue weighted by atomic mass is 9.84. The number of primary amides is 1. The Kier molecular flexibility index (Phi) is 17.9. The molecule has 1 aliphatic heterocycles. The lowest BCUT2D eigenvalue weighted by Gasteiger charge is -2.34. The van der Waals surface area contributed by atoms with Crippen molar-refractivity contribution in [1.82, 2.24) is 20.9 Å². The normalized spacial score (nSPS) is 20.4. The van der Waals surface area contributed by atoms with Crippen LogP contribution in [0.1, 0.15) is 103 Å². The summed E-state index contributed by atoms with van der Waals surface area (Å²) >= 11 is 0. The van der Waals surface area contributed by atoms with E-state index >= 15 is 0 Å². The van der Waals surface area contributed by atoms with Gasteiger partial charge in [-0.3, -0.25) is 33.6 Å². The molecule has 1 heterocycles. The van der Waals surface area contributed by atoms with Gasteiger partial charge < -0.3 is 45.5 Å². The molecule has 5 amide bonds. The molecule has 16 nitrogen and oxygen atoms in total. The fourth-order valence-electron chi connectivity index (χ4n) is 7.60. The van der Waals surface area contributed by atoms with Crippen molar-refractivity contribution in [2.24, 2.45) is 11.7 Å². The van der Waals surface area contributed by atoms with Gasteiger partial charge in [0.1, 0.15) is 18.9 Å². The molecule has 5 N–H and O–H groups in total. The summed E-state index contributed by atoms with van der Waals surface area (Å²) in [5.41, 5.74) is 5.41. The molecular weight excluding hydrogens is 738 g/mol. The van der Waals surface area contributed by atoms with Crippen molar-refractivity contribution >= 4 is 41.3 Å². The van der Waals surface area contributed by atoms with E-state index in [0.29, 0.717) is 51.6 Å². The van der Waals surface area contributed by atoms with Crippen LogP contribution in [0.4, 0.5) is 0 Å². The van der Waals surface area contributed by atoms with Gasteiger partial charge in [0.2, 0.25) is 23.5 Å². The van der Waals surface area contributed by atoms with Gasteiger partial charge in [0.05, 0.1) is 37.3 Å². The highest BCUT2D eigenvalue weighted by Gasteiger charge is 2.55. The Morgan fingerprint density at radius 2 is 1.63 bits per heavy atom. The number of benzene rings is 1. The number of methoxy groups -OCH3 is 1. The second-order valence-corrected chi connectivity index (χ2v) is 15.3. The number of carbonyl (C=O) groups is 7. The standard InChI is InChI=1S/C41H61N5O11/c1-4-6-18-31(36(42)49)44-33(47)24-43-38(51)34(48)30(13-5-2)45-37(50)32-23-29(56-26-55-22-21-54-3)25-46(32)39(52)35(27-14-9-7-10-15-27)57-40(53)41(19-20-41)28-16-11-8-12-17-28/h8,11-12,16-17,27,29-32,35H,4-7,9-10,13-15,18-26H2,1-3H3,(H2,42,49)(H,43,51)(H,44,47)(H,45,50)/t29-,30?,31?,32+,35?/m1/s1. The number of Topliss-reactive ketones (excluding diaryl/α,β-unsaturated/α-hetero) is 1. The van der Waals surface area contributed by atoms with Gasteiger partial charge >= 0.3 is 5.97 Å². The summed E-state index contributed by atoms with van der Waals surface area (Å²) < 4.78 is 22.7. The first-order chi connectivity index (χ1) is 27.4. The lowest BCUT2D eigenvalue weighted by Crippen LogP contribution is -2.56. The van der Waals surface area contributed by atoms with Gasteiger partial charge in [-0.15, -0.1) is 0 Å². The summed E-state index contributed by atoms with van der Waals surface area (Å²) in [6.07, 6.45) is 5.91. The zero-order valence-corrected chi connectivity index (χ0v) is 33.6. The summed E-state index contributed by atoms with van der Waals surface area (Å²) in [5.74, 6) is -5.38. The summed E-state index contributed by atoms with van der Waals surface area (Å²) in [6.45, 7) is 3.62. The fourth-order valence-corrected chi connectivity index (χ4v) is 7.60. The molecular formula is C41H61N5O11. The molecule has 16 heteroatoms. The number of hydrogen-bond acceptors (Lipinski definition) is 11. The van der Waals surface area contributed by atoms with E-state index in [-0.39, 0.29) is 38.7 Å². The van der Waals surface area contributed by atoms with Gasteiger partial charge in [-0.2, -0.15) is 0 Å². The summed E-state index contributed by atoms with van der Waals surface area (Å²) in [7, 11) is 1.54. The number of ketones is 1. The zero-order valence-electron chi connectivity index (χ0n) is 33.6. The highest BCUT2D eigenvalue weighted by Crippen LogP contribution is 2.50. The van der Waals surface area contributed by atoms with Gasteiger partial charge in [0, 0.05) is 26.0 Å². The van der Waals surface area contributed by atoms with Crippen LogP contribution in [0.25, 0.3) is 0 Å². The molecule has 0 spiro atoms. The van der Waals surface area contributed by atoms with Crippen molar-refractivity contribution in [3.63, 3.8) is 0 Å². The average Bonchev–Trinajstić information content (AvgIpc) is 3.93. The third kappa shape index (κ3) is 12.8. The van der Waals surface area contributed by atoms with Crippen molar-refractivity contribution in [2.45, 2.75) is 133 Å². The maximum atomic E-state index is 14.7. The van der Waals surface area contributed by atoms with Crippen molar-refractivity contribution < 1.29 is 52.5 Å². The number of esters is 1. The Labute approximate surface area is 335 Å². The SMILES string of the molecule is CCCCC(NC(=O)CNC(=O)C(=O)C(CCC)NC(=O)[C@@H]1C[C@@H](OCOCCOC)CN1C(=O)C(OC(=O)C1(c2ccccc2)CC1)C1CCCCC1)C(N)=O. The molecule has 316 valence electrons. The molecule has 1 aromatic carbocycles. The average molecular weight is 800 g/mol. The van der Waals surface area contributed by atoms with Crippen molar-refractivity contribution in [1.29, 1.82) is 0 Å². The van der Waals surface area contributed by atoms with Gasteiger partial charge in [-0.25, -0.2) is 0 Å². The molecule has 0 aromatic heterocycles. The Bertz CT molecular complexity index is 1530. The highest BCUT2D eigenvalue weighted by molar-refractivity contribution is 6.38. The third-order valence-electron chi connectivity index (χ3n) is 11.1. The number of carbonyl (C=O) groups excluding carboxylic acids is 7. The van der Waals surface area contributed by atoms with Crippen molar-refractivity contribution in [3.05, 3.63) is 35.9 Å². The maximum Gasteiger partial charge on any atom is 0.317 e. The van der Waals surface area contributed by atoms with Crippen LogP contribution in [0.3, 0.4) is 0 Å². The second kappa shape index (κ2) is 22.5. The quantitative estimate of drug-likeness (QED) is 0.0512. The van der Waals surface area contributed by atoms with Crippen LogP contribution in [0.15, 0.2) is 30.3 Å². The molecule has 3 unspecified atom stereocenters. The Hall–Kier alpha value is -4.41. The first-order valence-corrected chi connectivity index (χ1v) is 20.4. The largest absolute Gasteiger partial charge is 0.451 e. The molecule has 4 rings (SSSR count). The molecule has 3 fully saturated rings. The minimum absolute atomic E-state index is 0.00168. The van der Waals surface area contributed by atoms with Crippen LogP contribution in [0.5, 0.6) is 0 Å². The highest BCUT2D eigenvalue weighted by atomic mass is 16.7. The van der Waals surface area contributed by atoms with E-state index in [1.807, 2.05) is 37.3 Å². The monoisotopic (exact) mass is 799 g/mol. The van der Waals surface area contributed by atoms with Gasteiger partial charge in [-0.1, -0.05) is 82.7 Å². The van der Waals surface area contributed by atoms with E-state index in [9.17, 15) is 33.6 Å². The van der Waals surface area contributed by atoms with E-state index in [0.717, 1.165) is 31.2 Å². The predicted octanol–water partition coefficient (Wildman–Crippen LogP) is 1.95. The van der Waals surface area contributed by atoms with Crippen LogP contribution in [0.2, 0.25) is 0 Å². The first-order valence-electron chi connectivity index (χ1n) is 20.4. The number of nitrogens with one attached hydrogen (secondary N) is 3. The number of unbranched alkanes of at least 4 members (excludes halogenated alkanes) is 1. The Morgan fingerprint density at radius 1 is 0.912 bits per heavy atom. The fraction of sp³-hybridized carbons (Fsp3) is 0.683. The predicted molar refractivity (Wildman–Crippen MR) is 207 cm³/mol. The summed E-state index contributed by atoms with van der Waals surface area (Å²) in [6, 6.07) is 6.08. The Balaban J connectivity index is 1.50. The molecule has 2 saturated carbocycles. The summed E-state index contributed by atoms with van der Waals surface area (Å²) in [4.78, 5) is 94.8. The van der Waals surface area contributed by atoms with E-state index in [1.54, 1.807) is 14.0 Å². The van der Waals surface area contributed by atoms with Crippen molar-refractivity contribution in [2.75, 3.05) is 40.2 Å². The molecule has 2 aliphatic carbocycles. The maximum absolute atomic E-state index is 14.7. The van der Waals surface area contributed by atoms with E-state index in [1.165, 1.54) is 4.90 Å². The van der Waals surface area contributed by atoms with Gasteiger partial charge in [-0.05, 0) is 44.1 Å². The van der Waals surface area contributed by atoms with Crippen LogP contribution in [-0.4, -0.2) is 117 Å². The molecule has 57 heavy (non-hydrogen) atoms.